The molecule has 15 heavy (non-hydrogen) atoms. The predicted octanol–water partition coefficient (Wildman–Crippen LogP) is 2.12. The van der Waals surface area contributed by atoms with Crippen LogP contribution in [-0.2, 0) is 11.8 Å². The molecule has 0 aliphatic heterocycles. The Hall–Kier alpha value is -1.36. The zero-order valence-electron chi connectivity index (χ0n) is 8.32. The number of hydrogen-bond donors (Lipinski definition) is 0. The summed E-state index contributed by atoms with van der Waals surface area (Å²) in [6.45, 7) is 0. The minimum atomic E-state index is -0.373. The van der Waals surface area contributed by atoms with Crippen LogP contribution in [0.15, 0.2) is 22.7 Å². The topological polar surface area (TPSA) is 44.1 Å². The van der Waals surface area contributed by atoms with Crippen LogP contribution in [-0.4, -0.2) is 22.9 Å². The van der Waals surface area contributed by atoms with E-state index >= 15 is 0 Å². The van der Waals surface area contributed by atoms with Gasteiger partial charge in [0.25, 0.3) is 0 Å². The van der Waals surface area contributed by atoms with Crippen molar-refractivity contribution in [3.63, 3.8) is 0 Å². The lowest BCUT2D eigenvalue weighted by molar-refractivity contribution is 0.0590. The molecule has 1 heterocycles. The Morgan fingerprint density at radius 1 is 1.53 bits per heavy atom. The van der Waals surface area contributed by atoms with Crippen LogP contribution >= 0.6 is 15.9 Å². The molecule has 0 bridgehead atoms. The summed E-state index contributed by atoms with van der Waals surface area (Å²) in [6, 6.07) is 5.58. The molecule has 0 N–H and O–H groups in total. The van der Waals surface area contributed by atoms with Crippen LogP contribution in [0.3, 0.4) is 0 Å². The Morgan fingerprint density at radius 2 is 2.27 bits per heavy atom. The molecule has 0 saturated heterocycles. The first-order chi connectivity index (χ1) is 7.13. The Balaban J connectivity index is 2.73. The Morgan fingerprint density at radius 3 is 2.93 bits per heavy atom. The maximum atomic E-state index is 11.5. The van der Waals surface area contributed by atoms with Crippen molar-refractivity contribution in [1.82, 2.24) is 9.78 Å². The number of benzene rings is 1. The molecule has 78 valence electrons. The molecule has 0 atom stereocenters. The van der Waals surface area contributed by atoms with Crippen molar-refractivity contribution in [2.75, 3.05) is 7.11 Å². The van der Waals surface area contributed by atoms with Gasteiger partial charge in [0.1, 0.15) is 0 Å². The SMILES string of the molecule is COC(=O)c1c2ccc(Br)cc2nn1C. The van der Waals surface area contributed by atoms with Gasteiger partial charge in [-0.25, -0.2) is 4.79 Å². The Kier molecular flexibility index (Phi) is 2.48. The molecule has 0 radical (unpaired) electrons. The van der Waals surface area contributed by atoms with Gasteiger partial charge in [0.2, 0.25) is 0 Å². The average molecular weight is 269 g/mol. The number of ether oxygens (including phenoxy) is 1. The van der Waals surface area contributed by atoms with E-state index in [2.05, 4.69) is 21.0 Å². The maximum Gasteiger partial charge on any atom is 0.356 e. The molecule has 5 heteroatoms. The molecular weight excluding hydrogens is 260 g/mol. The molecule has 0 fully saturated rings. The monoisotopic (exact) mass is 268 g/mol. The second-order valence-corrected chi connectivity index (χ2v) is 4.04. The number of halogens is 1. The van der Waals surface area contributed by atoms with Gasteiger partial charge >= 0.3 is 5.97 Å². The standard InChI is InChI=1S/C10H9BrN2O2/c1-13-9(10(14)15-2)7-4-3-6(11)5-8(7)12-13/h3-5H,1-2H3. The zero-order chi connectivity index (χ0) is 11.0. The third-order valence-corrected chi connectivity index (χ3v) is 2.67. The van der Waals surface area contributed by atoms with Gasteiger partial charge < -0.3 is 4.74 Å². The van der Waals surface area contributed by atoms with E-state index in [1.807, 2.05) is 18.2 Å². The number of nitrogens with zero attached hydrogens (tertiary/aromatic N) is 2. The summed E-state index contributed by atoms with van der Waals surface area (Å²) < 4.78 is 7.17. The summed E-state index contributed by atoms with van der Waals surface area (Å²) in [5.41, 5.74) is 1.24. The van der Waals surface area contributed by atoms with Crippen LogP contribution in [0.2, 0.25) is 0 Å². The molecule has 0 saturated carbocycles. The first-order valence-electron chi connectivity index (χ1n) is 4.34. The smallest absolute Gasteiger partial charge is 0.356 e. The molecule has 1 aromatic carbocycles. The van der Waals surface area contributed by atoms with Crippen molar-refractivity contribution in [3.8, 4) is 0 Å². The fraction of sp³-hybridized carbons (Fsp3) is 0.200. The lowest BCUT2D eigenvalue weighted by Crippen LogP contribution is -2.08. The van der Waals surface area contributed by atoms with E-state index in [1.165, 1.54) is 11.8 Å². The number of carbonyl (C=O) groups is 1. The Labute approximate surface area is 95.0 Å². The minimum absolute atomic E-state index is 0.373. The van der Waals surface area contributed by atoms with Gasteiger partial charge in [-0.05, 0) is 18.2 Å². The van der Waals surface area contributed by atoms with Crippen molar-refractivity contribution in [2.45, 2.75) is 0 Å². The summed E-state index contributed by atoms with van der Waals surface area (Å²) in [5, 5.41) is 5.03. The molecule has 0 amide bonds. The molecule has 4 nitrogen and oxygen atoms in total. The van der Waals surface area contributed by atoms with Crippen LogP contribution < -0.4 is 0 Å². The number of esters is 1. The molecule has 1 aromatic heterocycles. The van der Waals surface area contributed by atoms with E-state index < -0.39 is 0 Å². The predicted molar refractivity (Wildman–Crippen MR) is 59.8 cm³/mol. The van der Waals surface area contributed by atoms with Gasteiger partial charge in [-0.15, -0.1) is 0 Å². The summed E-state index contributed by atoms with van der Waals surface area (Å²) >= 11 is 3.35. The summed E-state index contributed by atoms with van der Waals surface area (Å²) in [5.74, 6) is -0.373. The third-order valence-electron chi connectivity index (χ3n) is 2.17. The summed E-state index contributed by atoms with van der Waals surface area (Å²) in [4.78, 5) is 11.5. The molecule has 0 spiro atoms. The zero-order valence-corrected chi connectivity index (χ0v) is 9.91. The highest BCUT2D eigenvalue weighted by Crippen LogP contribution is 2.22. The number of rotatable bonds is 1. The third kappa shape index (κ3) is 1.63. The highest BCUT2D eigenvalue weighted by atomic mass is 79.9. The molecule has 2 aromatic rings. The highest BCUT2D eigenvalue weighted by molar-refractivity contribution is 9.10. The molecule has 0 aliphatic rings. The molecular formula is C10H9BrN2O2. The fourth-order valence-corrected chi connectivity index (χ4v) is 1.86. The number of aromatic nitrogens is 2. The van der Waals surface area contributed by atoms with E-state index in [1.54, 1.807) is 7.05 Å². The fourth-order valence-electron chi connectivity index (χ4n) is 1.51. The molecule has 0 aliphatic carbocycles. The van der Waals surface area contributed by atoms with E-state index in [-0.39, 0.29) is 5.97 Å². The first kappa shape index (κ1) is 10.2. The van der Waals surface area contributed by atoms with Crippen LogP contribution in [0.25, 0.3) is 10.9 Å². The second kappa shape index (κ2) is 3.66. The van der Waals surface area contributed by atoms with Crippen molar-refractivity contribution in [2.24, 2.45) is 7.05 Å². The van der Waals surface area contributed by atoms with Gasteiger partial charge in [0, 0.05) is 16.9 Å². The van der Waals surface area contributed by atoms with Gasteiger partial charge in [0.15, 0.2) is 5.69 Å². The average Bonchev–Trinajstić information content (AvgIpc) is 2.52. The van der Waals surface area contributed by atoms with Gasteiger partial charge in [0.05, 0.1) is 12.6 Å². The largest absolute Gasteiger partial charge is 0.464 e. The first-order valence-corrected chi connectivity index (χ1v) is 5.13. The number of aryl methyl sites for hydroxylation is 1. The molecule has 2 rings (SSSR count). The van der Waals surface area contributed by atoms with Crippen molar-refractivity contribution >= 4 is 32.8 Å². The lowest BCUT2D eigenvalue weighted by atomic mass is 10.2. The normalized spacial score (nSPS) is 10.6. The van der Waals surface area contributed by atoms with Crippen molar-refractivity contribution < 1.29 is 9.53 Å². The summed E-state index contributed by atoms with van der Waals surface area (Å²) in [6.07, 6.45) is 0. The van der Waals surface area contributed by atoms with Gasteiger partial charge in [-0.2, -0.15) is 5.10 Å². The van der Waals surface area contributed by atoms with Crippen LogP contribution in [0, 0.1) is 0 Å². The summed E-state index contributed by atoms with van der Waals surface area (Å²) in [7, 11) is 3.08. The number of fused-ring (bicyclic) bond motifs is 1. The number of hydrogen-bond acceptors (Lipinski definition) is 3. The number of carbonyl (C=O) groups excluding carboxylic acids is 1. The van der Waals surface area contributed by atoms with Crippen LogP contribution in [0.4, 0.5) is 0 Å². The van der Waals surface area contributed by atoms with E-state index in [4.69, 9.17) is 4.74 Å². The maximum absolute atomic E-state index is 11.5. The van der Waals surface area contributed by atoms with Crippen LogP contribution in [0.1, 0.15) is 10.5 Å². The Bertz CT molecular complexity index is 533. The quantitative estimate of drug-likeness (QED) is 0.745. The van der Waals surface area contributed by atoms with E-state index in [9.17, 15) is 4.79 Å². The second-order valence-electron chi connectivity index (χ2n) is 3.13. The minimum Gasteiger partial charge on any atom is -0.464 e. The lowest BCUT2D eigenvalue weighted by Gasteiger charge is -1.99. The number of methoxy groups -OCH3 is 1. The highest BCUT2D eigenvalue weighted by Gasteiger charge is 2.16. The van der Waals surface area contributed by atoms with Gasteiger partial charge in [-0.3, -0.25) is 4.68 Å². The van der Waals surface area contributed by atoms with Crippen molar-refractivity contribution in [1.29, 1.82) is 0 Å². The van der Waals surface area contributed by atoms with Crippen LogP contribution in [0.5, 0.6) is 0 Å². The van der Waals surface area contributed by atoms with E-state index in [0.717, 1.165) is 15.4 Å². The van der Waals surface area contributed by atoms with Crippen molar-refractivity contribution in [3.05, 3.63) is 28.4 Å². The van der Waals surface area contributed by atoms with E-state index in [0.29, 0.717) is 5.69 Å². The van der Waals surface area contributed by atoms with Gasteiger partial charge in [-0.1, -0.05) is 15.9 Å². The molecule has 0 unspecified atom stereocenters.